The highest BCUT2D eigenvalue weighted by molar-refractivity contribution is 7.17. The second-order valence-corrected chi connectivity index (χ2v) is 11.4. The van der Waals surface area contributed by atoms with E-state index in [9.17, 15) is 19.7 Å². The van der Waals surface area contributed by atoms with E-state index in [4.69, 9.17) is 21.1 Å². The number of benzene rings is 2. The molecule has 14 nitrogen and oxygen atoms in total. The topological polar surface area (TPSA) is 165 Å². The number of thiazole rings is 1. The second kappa shape index (κ2) is 14.3. The lowest BCUT2D eigenvalue weighted by Gasteiger charge is -2.35. The lowest BCUT2D eigenvalue weighted by molar-refractivity contribution is -0.384. The van der Waals surface area contributed by atoms with Gasteiger partial charge in [-0.25, -0.2) is 19.7 Å². The van der Waals surface area contributed by atoms with Crippen LogP contribution < -0.4 is 20.3 Å². The molecule has 1 amide bonds. The first-order chi connectivity index (χ1) is 21.6. The number of amides is 1. The highest BCUT2D eigenvalue weighted by Crippen LogP contribution is 2.28. The summed E-state index contributed by atoms with van der Waals surface area (Å²) in [4.78, 5) is 53.2. The molecule has 0 unspecified atom stereocenters. The van der Waals surface area contributed by atoms with Crippen molar-refractivity contribution in [2.45, 2.75) is 13.8 Å². The van der Waals surface area contributed by atoms with Crippen molar-refractivity contribution < 1.29 is 24.0 Å². The number of hydrogen-bond donors (Lipinski definition) is 2. The number of nitro benzene ring substituents is 1. The van der Waals surface area contributed by atoms with Crippen LogP contribution in [-0.2, 0) is 4.74 Å². The van der Waals surface area contributed by atoms with Gasteiger partial charge in [-0.05, 0) is 37.6 Å². The van der Waals surface area contributed by atoms with Crippen LogP contribution in [0.15, 0.2) is 54.7 Å². The number of ether oxygens (including phenoxy) is 2. The fourth-order valence-corrected chi connectivity index (χ4v) is 5.50. The average molecular weight is 653 g/mol. The van der Waals surface area contributed by atoms with Gasteiger partial charge in [-0.3, -0.25) is 19.8 Å². The fraction of sp³-hybridized carbons (Fsp3) is 0.276. The minimum Gasteiger partial charge on any atom is -0.433 e. The van der Waals surface area contributed by atoms with Gasteiger partial charge in [0.05, 0.1) is 21.8 Å². The number of nitro groups is 1. The van der Waals surface area contributed by atoms with Gasteiger partial charge in [0.25, 0.3) is 11.6 Å². The third-order valence-electron chi connectivity index (χ3n) is 6.82. The smallest absolute Gasteiger partial charge is 0.433 e. The van der Waals surface area contributed by atoms with E-state index < -0.39 is 11.1 Å². The molecule has 3 heterocycles. The Kier molecular flexibility index (Phi) is 10.0. The van der Waals surface area contributed by atoms with Gasteiger partial charge in [0, 0.05) is 50.9 Å². The van der Waals surface area contributed by atoms with Crippen LogP contribution in [0.25, 0.3) is 0 Å². The lowest BCUT2D eigenvalue weighted by atomic mass is 10.2. The van der Waals surface area contributed by atoms with E-state index in [0.29, 0.717) is 52.0 Å². The van der Waals surface area contributed by atoms with E-state index >= 15 is 0 Å². The minimum atomic E-state index is -0.873. The van der Waals surface area contributed by atoms with Gasteiger partial charge in [0.2, 0.25) is 0 Å². The van der Waals surface area contributed by atoms with Crippen LogP contribution in [0.4, 0.5) is 32.9 Å². The van der Waals surface area contributed by atoms with Gasteiger partial charge >= 0.3 is 6.16 Å². The predicted octanol–water partition coefficient (Wildman–Crippen LogP) is 5.45. The van der Waals surface area contributed by atoms with Crippen LogP contribution in [0.1, 0.15) is 21.1 Å². The summed E-state index contributed by atoms with van der Waals surface area (Å²) in [5.74, 6) is 1.76. The summed E-state index contributed by atoms with van der Waals surface area (Å²) in [7, 11) is 0. The van der Waals surface area contributed by atoms with Gasteiger partial charge in [0.1, 0.15) is 34.7 Å². The summed E-state index contributed by atoms with van der Waals surface area (Å²) in [5.41, 5.74) is 1.33. The molecule has 234 valence electrons. The fourth-order valence-electron chi connectivity index (χ4n) is 4.51. The number of nitrogens with one attached hydrogen (secondary N) is 2. The van der Waals surface area contributed by atoms with E-state index in [2.05, 4.69) is 35.4 Å². The third kappa shape index (κ3) is 8.41. The molecule has 1 fully saturated rings. The Bertz CT molecular complexity index is 1670. The molecule has 2 N–H and O–H groups in total. The van der Waals surface area contributed by atoms with Crippen molar-refractivity contribution in [3.05, 3.63) is 86.1 Å². The molecule has 2 aromatic heterocycles. The Hall–Kier alpha value is -4.86. The number of nitrogens with zero attached hydrogens (tertiary/aromatic N) is 6. The van der Waals surface area contributed by atoms with Crippen molar-refractivity contribution in [1.82, 2.24) is 19.9 Å². The zero-order valence-corrected chi connectivity index (χ0v) is 25.9. The Morgan fingerprint density at radius 1 is 1.09 bits per heavy atom. The minimum absolute atomic E-state index is 0.0976. The molecule has 45 heavy (non-hydrogen) atoms. The number of piperazine rings is 1. The third-order valence-corrected chi connectivity index (χ3v) is 8.05. The van der Waals surface area contributed by atoms with Crippen molar-refractivity contribution in [2.75, 3.05) is 54.9 Å². The Morgan fingerprint density at radius 3 is 2.56 bits per heavy atom. The zero-order valence-electron chi connectivity index (χ0n) is 24.4. The van der Waals surface area contributed by atoms with Gasteiger partial charge < -0.3 is 25.0 Å². The molecule has 4 aromatic rings. The molecule has 2 aromatic carbocycles. The van der Waals surface area contributed by atoms with Crippen molar-refractivity contribution >= 4 is 63.1 Å². The van der Waals surface area contributed by atoms with E-state index in [1.165, 1.54) is 41.8 Å². The maximum atomic E-state index is 12.8. The zero-order chi connectivity index (χ0) is 31.9. The van der Waals surface area contributed by atoms with Crippen LogP contribution in [-0.4, -0.2) is 76.2 Å². The molecule has 16 heteroatoms. The summed E-state index contributed by atoms with van der Waals surface area (Å²) >= 11 is 7.45. The Morgan fingerprint density at radius 2 is 1.84 bits per heavy atom. The van der Waals surface area contributed by atoms with Gasteiger partial charge in [-0.15, -0.1) is 0 Å². The highest BCUT2D eigenvalue weighted by Gasteiger charge is 2.20. The van der Waals surface area contributed by atoms with Crippen LogP contribution in [0.3, 0.4) is 0 Å². The number of hydrogen-bond acceptors (Lipinski definition) is 13. The molecule has 0 radical (unpaired) electrons. The molecular formula is C29H29ClN8O6S. The van der Waals surface area contributed by atoms with Crippen LogP contribution in [0, 0.1) is 24.0 Å². The molecule has 1 saturated heterocycles. The number of rotatable bonds is 10. The first kappa shape index (κ1) is 31.6. The monoisotopic (exact) mass is 652 g/mol. The molecule has 5 rings (SSSR count). The summed E-state index contributed by atoms with van der Waals surface area (Å²) in [6.45, 7) is 7.19. The number of halogens is 1. The van der Waals surface area contributed by atoms with Crippen molar-refractivity contribution in [2.24, 2.45) is 0 Å². The molecule has 0 atom stereocenters. The summed E-state index contributed by atoms with van der Waals surface area (Å²) in [6.07, 6.45) is 0.629. The molecule has 0 bridgehead atoms. The standard InChI is InChI=1S/C29H29ClN8O6S/c1-18-4-3-5-22(30)26(18)35-27(39)23-17-31-28(45-23)34-24-16-25(33-19(2)32-24)37-12-10-36(11-13-37)14-15-43-29(40)44-21-8-6-20(7-9-21)38(41)42/h3-9,16-17H,10-15H2,1-2H3,(H,35,39)(H,31,32,33,34). The van der Waals surface area contributed by atoms with Crippen LogP contribution in [0.2, 0.25) is 5.02 Å². The molecular weight excluding hydrogens is 624 g/mol. The number of carbonyl (C=O) groups is 2. The maximum absolute atomic E-state index is 12.8. The van der Waals surface area contributed by atoms with Gasteiger partial charge in [0.15, 0.2) is 5.13 Å². The number of non-ortho nitro benzene ring substituents is 1. The van der Waals surface area contributed by atoms with Crippen LogP contribution >= 0.6 is 22.9 Å². The quantitative estimate of drug-likeness (QED) is 0.0965. The average Bonchev–Trinajstić information content (AvgIpc) is 3.48. The number of anilines is 4. The van der Waals surface area contributed by atoms with Gasteiger partial charge in [-0.2, -0.15) is 0 Å². The molecule has 0 spiro atoms. The first-order valence-electron chi connectivity index (χ1n) is 13.9. The number of aromatic nitrogens is 3. The van der Waals surface area contributed by atoms with E-state index in [-0.39, 0.29) is 24.0 Å². The number of para-hydroxylation sites is 1. The van der Waals surface area contributed by atoms with Crippen LogP contribution in [0.5, 0.6) is 5.75 Å². The van der Waals surface area contributed by atoms with E-state index in [0.717, 1.165) is 24.5 Å². The number of aryl methyl sites for hydroxylation is 2. The summed E-state index contributed by atoms with van der Waals surface area (Å²) < 4.78 is 10.2. The summed E-state index contributed by atoms with van der Waals surface area (Å²) in [6, 6.07) is 12.4. The van der Waals surface area contributed by atoms with Gasteiger partial charge in [-0.1, -0.05) is 35.1 Å². The van der Waals surface area contributed by atoms with Crippen molar-refractivity contribution in [3.8, 4) is 5.75 Å². The highest BCUT2D eigenvalue weighted by atomic mass is 35.5. The first-order valence-corrected chi connectivity index (χ1v) is 15.1. The molecule has 1 aliphatic heterocycles. The Labute approximate surface area is 267 Å². The largest absolute Gasteiger partial charge is 0.513 e. The Balaban J connectivity index is 1.09. The summed E-state index contributed by atoms with van der Waals surface area (Å²) in [5, 5.41) is 17.8. The predicted molar refractivity (Wildman–Crippen MR) is 170 cm³/mol. The maximum Gasteiger partial charge on any atom is 0.513 e. The normalized spacial score (nSPS) is 13.3. The molecule has 0 aliphatic carbocycles. The second-order valence-electron chi connectivity index (χ2n) is 9.98. The van der Waals surface area contributed by atoms with Crippen molar-refractivity contribution in [3.63, 3.8) is 0 Å². The van der Waals surface area contributed by atoms with E-state index in [1.807, 2.05) is 32.0 Å². The SMILES string of the molecule is Cc1nc(Nc2ncc(C(=O)Nc3c(C)cccc3Cl)s2)cc(N2CCN(CCOC(=O)Oc3ccc([N+](=O)[O-])cc3)CC2)n1. The van der Waals surface area contributed by atoms with E-state index in [1.54, 1.807) is 6.07 Å². The number of carbonyl (C=O) groups excluding carboxylic acids is 2. The molecule has 1 aliphatic rings. The van der Waals surface area contributed by atoms with Crippen molar-refractivity contribution in [1.29, 1.82) is 0 Å². The lowest BCUT2D eigenvalue weighted by Crippen LogP contribution is -2.47. The molecule has 0 saturated carbocycles.